The van der Waals surface area contributed by atoms with Crippen LogP contribution >= 0.6 is 11.6 Å². The first-order chi connectivity index (χ1) is 7.02. The van der Waals surface area contributed by atoms with Crippen molar-refractivity contribution in [2.24, 2.45) is 5.73 Å². The van der Waals surface area contributed by atoms with Crippen LogP contribution in [0.25, 0.3) is 0 Å². The van der Waals surface area contributed by atoms with Crippen molar-refractivity contribution in [2.45, 2.75) is 19.1 Å². The van der Waals surface area contributed by atoms with Crippen LogP contribution < -0.4 is 11.1 Å². The van der Waals surface area contributed by atoms with Crippen LogP contribution in [0.15, 0.2) is 16.7 Å². The van der Waals surface area contributed by atoms with E-state index in [1.54, 1.807) is 6.92 Å². The van der Waals surface area contributed by atoms with Crippen LogP contribution in [0, 0.1) is 0 Å². The molecule has 1 aromatic heterocycles. The predicted molar refractivity (Wildman–Crippen MR) is 55.7 cm³/mol. The summed E-state index contributed by atoms with van der Waals surface area (Å²) in [6.07, 6.45) is 0.649. The first-order valence-electron chi connectivity index (χ1n) is 4.47. The zero-order valence-electron chi connectivity index (χ0n) is 8.24. The minimum Gasteiger partial charge on any atom is -0.452 e. The van der Waals surface area contributed by atoms with Crippen LogP contribution in [0.1, 0.15) is 17.3 Å². The Morgan fingerprint density at radius 2 is 2.47 bits per heavy atom. The summed E-state index contributed by atoms with van der Waals surface area (Å²) in [7, 11) is 0. The number of carbonyl (C=O) groups is 1. The lowest BCUT2D eigenvalue weighted by atomic mass is 10.2. The molecule has 1 rings (SSSR count). The highest BCUT2D eigenvalue weighted by Gasteiger charge is 2.15. The third kappa shape index (κ3) is 3.23. The summed E-state index contributed by atoms with van der Waals surface area (Å²) >= 11 is 5.60. The first kappa shape index (κ1) is 12.0. The summed E-state index contributed by atoms with van der Waals surface area (Å²) in [5.74, 6) is -0.371. The van der Waals surface area contributed by atoms with E-state index in [-0.39, 0.29) is 23.2 Å². The van der Waals surface area contributed by atoms with E-state index in [0.717, 1.165) is 0 Å². The average Bonchev–Trinajstić information content (AvgIpc) is 2.60. The Morgan fingerprint density at radius 1 is 1.80 bits per heavy atom. The molecule has 0 saturated heterocycles. The molecule has 15 heavy (non-hydrogen) atoms. The normalized spacial score (nSPS) is 14.7. The van der Waals surface area contributed by atoms with Crippen molar-refractivity contribution in [1.82, 2.24) is 5.32 Å². The average molecular weight is 233 g/mol. The molecule has 4 N–H and O–H groups in total. The summed E-state index contributed by atoms with van der Waals surface area (Å²) in [6, 6.07) is 0.964. The summed E-state index contributed by atoms with van der Waals surface area (Å²) in [5, 5.41) is 11.7. The number of halogens is 1. The molecule has 1 heterocycles. The maximum Gasteiger partial charge on any atom is 0.256 e. The van der Waals surface area contributed by atoms with Crippen LogP contribution in [0.5, 0.6) is 0 Å². The standard InChI is InChI=1S/C9H13ClN2O3/c1-5(13)7(11)4-12-9(14)6-2-3-15-8(6)10/h2-3,5,7,13H,4,11H2,1H3,(H,12,14). The molecule has 0 spiro atoms. The van der Waals surface area contributed by atoms with Gasteiger partial charge < -0.3 is 20.6 Å². The van der Waals surface area contributed by atoms with Gasteiger partial charge in [-0.2, -0.15) is 0 Å². The van der Waals surface area contributed by atoms with Gasteiger partial charge in [0.2, 0.25) is 5.22 Å². The topological polar surface area (TPSA) is 88.5 Å². The molecule has 6 heteroatoms. The van der Waals surface area contributed by atoms with Gasteiger partial charge in [0.15, 0.2) is 0 Å². The second-order valence-electron chi connectivity index (χ2n) is 3.22. The van der Waals surface area contributed by atoms with Crippen molar-refractivity contribution in [3.63, 3.8) is 0 Å². The molecule has 84 valence electrons. The molecule has 0 fully saturated rings. The lowest BCUT2D eigenvalue weighted by Gasteiger charge is -2.14. The van der Waals surface area contributed by atoms with Gasteiger partial charge in [0.1, 0.15) is 0 Å². The van der Waals surface area contributed by atoms with Crippen molar-refractivity contribution in [2.75, 3.05) is 6.54 Å². The van der Waals surface area contributed by atoms with E-state index < -0.39 is 12.1 Å². The van der Waals surface area contributed by atoms with E-state index in [9.17, 15) is 4.79 Å². The smallest absolute Gasteiger partial charge is 0.256 e. The molecule has 0 bridgehead atoms. The van der Waals surface area contributed by atoms with Gasteiger partial charge in [0.05, 0.1) is 17.9 Å². The fourth-order valence-corrected chi connectivity index (χ4v) is 1.13. The fourth-order valence-electron chi connectivity index (χ4n) is 0.932. The number of aliphatic hydroxyl groups is 1. The van der Waals surface area contributed by atoms with Crippen LogP contribution in [-0.2, 0) is 0 Å². The van der Waals surface area contributed by atoms with Crippen molar-refractivity contribution >= 4 is 17.5 Å². The van der Waals surface area contributed by atoms with E-state index in [1.807, 2.05) is 0 Å². The minimum atomic E-state index is -0.676. The zero-order valence-corrected chi connectivity index (χ0v) is 8.99. The summed E-state index contributed by atoms with van der Waals surface area (Å²) in [6.45, 7) is 1.74. The number of aliphatic hydroxyl groups excluding tert-OH is 1. The Morgan fingerprint density at radius 3 is 2.93 bits per heavy atom. The second-order valence-corrected chi connectivity index (χ2v) is 3.57. The number of hydrogen-bond donors (Lipinski definition) is 3. The van der Waals surface area contributed by atoms with Crippen molar-refractivity contribution in [3.05, 3.63) is 23.1 Å². The predicted octanol–water partition coefficient (Wildman–Crippen LogP) is 0.371. The largest absolute Gasteiger partial charge is 0.452 e. The van der Waals surface area contributed by atoms with Crippen molar-refractivity contribution in [1.29, 1.82) is 0 Å². The quantitative estimate of drug-likeness (QED) is 0.700. The highest BCUT2D eigenvalue weighted by atomic mass is 35.5. The van der Waals surface area contributed by atoms with E-state index >= 15 is 0 Å². The Kier molecular flexibility index (Phi) is 4.14. The number of nitrogens with one attached hydrogen (secondary N) is 1. The van der Waals surface area contributed by atoms with Crippen LogP contribution in [0.4, 0.5) is 0 Å². The molecule has 0 aliphatic rings. The molecular weight excluding hydrogens is 220 g/mol. The molecule has 0 aromatic carbocycles. The van der Waals surface area contributed by atoms with E-state index in [1.165, 1.54) is 12.3 Å². The lowest BCUT2D eigenvalue weighted by molar-refractivity contribution is 0.0937. The molecule has 1 aromatic rings. The Balaban J connectivity index is 2.47. The van der Waals surface area contributed by atoms with Crippen molar-refractivity contribution < 1.29 is 14.3 Å². The minimum absolute atomic E-state index is 0.0399. The van der Waals surface area contributed by atoms with Gasteiger partial charge in [-0.05, 0) is 24.6 Å². The Bertz CT molecular complexity index is 338. The van der Waals surface area contributed by atoms with Gasteiger partial charge in [-0.15, -0.1) is 0 Å². The maximum absolute atomic E-state index is 11.5. The van der Waals surface area contributed by atoms with E-state index in [2.05, 4.69) is 5.32 Å². The zero-order chi connectivity index (χ0) is 11.4. The molecule has 0 radical (unpaired) electrons. The third-order valence-corrected chi connectivity index (χ3v) is 2.27. The first-order valence-corrected chi connectivity index (χ1v) is 4.85. The number of carbonyl (C=O) groups excluding carboxylic acids is 1. The molecule has 5 nitrogen and oxygen atoms in total. The molecule has 0 aliphatic heterocycles. The molecule has 2 unspecified atom stereocenters. The Hall–Kier alpha value is -1.04. The van der Waals surface area contributed by atoms with Gasteiger partial charge in [0.25, 0.3) is 5.91 Å². The van der Waals surface area contributed by atoms with Gasteiger partial charge in [-0.25, -0.2) is 0 Å². The number of furan rings is 1. The number of amides is 1. The van der Waals surface area contributed by atoms with Crippen LogP contribution in [0.3, 0.4) is 0 Å². The van der Waals surface area contributed by atoms with Gasteiger partial charge in [0, 0.05) is 12.6 Å². The molecular formula is C9H13ClN2O3. The second kappa shape index (κ2) is 5.16. The highest BCUT2D eigenvalue weighted by molar-refractivity contribution is 6.32. The van der Waals surface area contributed by atoms with Gasteiger partial charge >= 0.3 is 0 Å². The fraction of sp³-hybridized carbons (Fsp3) is 0.444. The Labute approximate surface area is 92.2 Å². The van der Waals surface area contributed by atoms with E-state index in [0.29, 0.717) is 0 Å². The lowest BCUT2D eigenvalue weighted by Crippen LogP contribution is -2.43. The monoisotopic (exact) mass is 232 g/mol. The van der Waals surface area contributed by atoms with Crippen molar-refractivity contribution in [3.8, 4) is 0 Å². The molecule has 1 amide bonds. The van der Waals surface area contributed by atoms with Crippen LogP contribution in [0.2, 0.25) is 5.22 Å². The third-order valence-electron chi connectivity index (χ3n) is 1.98. The summed E-state index contributed by atoms with van der Waals surface area (Å²) in [4.78, 5) is 11.5. The number of hydrogen-bond acceptors (Lipinski definition) is 4. The maximum atomic E-state index is 11.5. The molecule has 2 atom stereocenters. The van der Waals surface area contributed by atoms with Crippen LogP contribution in [-0.4, -0.2) is 29.7 Å². The molecule has 0 aliphatic carbocycles. The number of nitrogens with two attached hydrogens (primary N) is 1. The van der Waals surface area contributed by atoms with E-state index in [4.69, 9.17) is 26.9 Å². The highest BCUT2D eigenvalue weighted by Crippen LogP contribution is 2.15. The summed E-state index contributed by atoms with van der Waals surface area (Å²) in [5.41, 5.74) is 5.79. The van der Waals surface area contributed by atoms with Gasteiger partial charge in [-0.3, -0.25) is 4.79 Å². The summed E-state index contributed by atoms with van der Waals surface area (Å²) < 4.78 is 4.76. The number of rotatable bonds is 4. The molecule has 0 saturated carbocycles. The van der Waals surface area contributed by atoms with Gasteiger partial charge in [-0.1, -0.05) is 0 Å². The SMILES string of the molecule is CC(O)C(N)CNC(=O)c1ccoc1Cl.